The van der Waals surface area contributed by atoms with Crippen molar-refractivity contribution in [2.45, 2.75) is 4.90 Å². The van der Waals surface area contributed by atoms with E-state index in [-0.39, 0.29) is 6.02 Å². The number of aliphatic imine (C=N–C) groups is 1. The van der Waals surface area contributed by atoms with Crippen LogP contribution in [0.15, 0.2) is 34.2 Å². The number of hydrogen-bond donors (Lipinski definition) is 2. The van der Waals surface area contributed by atoms with Gasteiger partial charge >= 0.3 is 18.1 Å². The molecule has 120 valence electrons. The van der Waals surface area contributed by atoms with E-state index in [0.717, 1.165) is 22.6 Å². The monoisotopic (exact) mass is 326 g/mol. The molecule has 4 amide bonds. The third kappa shape index (κ3) is 5.92. The van der Waals surface area contributed by atoms with Gasteiger partial charge in [0.15, 0.2) is 0 Å². The first-order valence-electron chi connectivity index (χ1n) is 6.18. The van der Waals surface area contributed by atoms with E-state index in [9.17, 15) is 9.59 Å². The standard InChI is InChI=1S/C13H18N4O4S/c1-17(2)13(19)15-12(21-4)14-11(18)16-22-10-7-5-9(20-3)6-8-10/h5-8H,1-4H3,(H2,14,15,16,18,19). The minimum absolute atomic E-state index is 0.188. The lowest BCUT2D eigenvalue weighted by Crippen LogP contribution is -2.38. The van der Waals surface area contributed by atoms with Gasteiger partial charge in [0.05, 0.1) is 14.2 Å². The highest BCUT2D eigenvalue weighted by Crippen LogP contribution is 2.18. The lowest BCUT2D eigenvalue weighted by Gasteiger charge is -2.10. The van der Waals surface area contributed by atoms with Gasteiger partial charge in [0, 0.05) is 19.0 Å². The van der Waals surface area contributed by atoms with Crippen molar-refractivity contribution in [1.29, 1.82) is 0 Å². The average Bonchev–Trinajstić information content (AvgIpc) is 2.52. The first-order valence-corrected chi connectivity index (χ1v) is 6.99. The number of benzene rings is 1. The van der Waals surface area contributed by atoms with E-state index >= 15 is 0 Å². The number of nitrogens with zero attached hydrogens (tertiary/aromatic N) is 2. The van der Waals surface area contributed by atoms with Crippen molar-refractivity contribution >= 4 is 30.0 Å². The summed E-state index contributed by atoms with van der Waals surface area (Å²) in [6.07, 6.45) is 0. The van der Waals surface area contributed by atoms with Crippen molar-refractivity contribution in [2.75, 3.05) is 28.3 Å². The molecule has 0 spiro atoms. The Morgan fingerprint density at radius 1 is 1.18 bits per heavy atom. The molecule has 1 aromatic carbocycles. The van der Waals surface area contributed by atoms with Gasteiger partial charge in [0.25, 0.3) is 0 Å². The summed E-state index contributed by atoms with van der Waals surface area (Å²) in [4.78, 5) is 28.8. The molecule has 0 aliphatic rings. The van der Waals surface area contributed by atoms with Crippen molar-refractivity contribution in [3.8, 4) is 5.75 Å². The van der Waals surface area contributed by atoms with Crippen LogP contribution < -0.4 is 14.8 Å². The molecule has 1 aromatic rings. The Bertz CT molecular complexity index is 545. The summed E-state index contributed by atoms with van der Waals surface area (Å²) in [5, 5.41) is 2.33. The van der Waals surface area contributed by atoms with Gasteiger partial charge in [-0.25, -0.2) is 9.59 Å². The van der Waals surface area contributed by atoms with Gasteiger partial charge in [0.1, 0.15) is 5.75 Å². The number of methoxy groups -OCH3 is 2. The van der Waals surface area contributed by atoms with Crippen LogP contribution in [0.25, 0.3) is 0 Å². The topological polar surface area (TPSA) is 92.3 Å². The van der Waals surface area contributed by atoms with E-state index < -0.39 is 12.1 Å². The Kier molecular flexibility index (Phi) is 7.03. The number of nitrogens with one attached hydrogen (secondary N) is 2. The molecule has 0 atom stereocenters. The molecule has 22 heavy (non-hydrogen) atoms. The average molecular weight is 326 g/mol. The van der Waals surface area contributed by atoms with Crippen LogP contribution in [0.2, 0.25) is 0 Å². The molecule has 0 unspecified atom stereocenters. The summed E-state index contributed by atoms with van der Waals surface area (Å²) in [5.41, 5.74) is 0. The molecule has 2 N–H and O–H groups in total. The van der Waals surface area contributed by atoms with Crippen LogP contribution in [0, 0.1) is 0 Å². The van der Waals surface area contributed by atoms with Crippen LogP contribution in [0.1, 0.15) is 0 Å². The van der Waals surface area contributed by atoms with E-state index in [4.69, 9.17) is 9.47 Å². The molecule has 0 bridgehead atoms. The highest BCUT2D eigenvalue weighted by Gasteiger charge is 2.10. The zero-order valence-corrected chi connectivity index (χ0v) is 13.6. The number of amides is 4. The lowest BCUT2D eigenvalue weighted by atomic mass is 10.3. The maximum atomic E-state index is 11.7. The minimum Gasteiger partial charge on any atom is -0.497 e. The molecular weight excluding hydrogens is 308 g/mol. The maximum absolute atomic E-state index is 11.7. The molecule has 0 aromatic heterocycles. The van der Waals surface area contributed by atoms with Crippen LogP contribution in [0.4, 0.5) is 9.59 Å². The van der Waals surface area contributed by atoms with E-state index in [1.807, 2.05) is 0 Å². The third-order valence-corrected chi connectivity index (χ3v) is 3.11. The van der Waals surface area contributed by atoms with E-state index in [0.29, 0.717) is 0 Å². The van der Waals surface area contributed by atoms with Gasteiger partial charge in [-0.1, -0.05) is 0 Å². The molecule has 9 heteroatoms. The highest BCUT2D eigenvalue weighted by atomic mass is 32.2. The first kappa shape index (κ1) is 17.6. The van der Waals surface area contributed by atoms with E-state index in [1.165, 1.54) is 12.0 Å². The van der Waals surface area contributed by atoms with Crippen LogP contribution >= 0.6 is 11.9 Å². The predicted octanol–water partition coefficient (Wildman–Crippen LogP) is 1.69. The Labute approximate surface area is 133 Å². The van der Waals surface area contributed by atoms with Crippen molar-refractivity contribution < 1.29 is 19.1 Å². The van der Waals surface area contributed by atoms with Crippen LogP contribution in [0.3, 0.4) is 0 Å². The fourth-order valence-corrected chi connectivity index (χ4v) is 1.72. The van der Waals surface area contributed by atoms with E-state index in [1.54, 1.807) is 45.5 Å². The molecule has 0 saturated heterocycles. The Balaban J connectivity index is 2.52. The molecule has 0 radical (unpaired) electrons. The summed E-state index contributed by atoms with van der Waals surface area (Å²) in [7, 11) is 5.96. The summed E-state index contributed by atoms with van der Waals surface area (Å²) in [6.45, 7) is 0. The second-order valence-corrected chi connectivity index (χ2v) is 5.01. The highest BCUT2D eigenvalue weighted by molar-refractivity contribution is 7.98. The van der Waals surface area contributed by atoms with Crippen LogP contribution in [0.5, 0.6) is 5.75 Å². The fraction of sp³-hybridized carbons (Fsp3) is 0.308. The number of hydrogen-bond acceptors (Lipinski definition) is 5. The Morgan fingerprint density at radius 3 is 2.32 bits per heavy atom. The maximum Gasteiger partial charge on any atom is 0.347 e. The Hall–Kier alpha value is -2.42. The predicted molar refractivity (Wildman–Crippen MR) is 84.0 cm³/mol. The Morgan fingerprint density at radius 2 is 1.82 bits per heavy atom. The summed E-state index contributed by atoms with van der Waals surface area (Å²) < 4.78 is 12.4. The molecule has 0 saturated carbocycles. The number of carbonyl (C=O) groups is 2. The van der Waals surface area contributed by atoms with Crippen molar-refractivity contribution in [2.24, 2.45) is 4.99 Å². The normalized spacial score (nSPS) is 10.6. The van der Waals surface area contributed by atoms with Gasteiger partial charge in [-0.15, -0.1) is 4.99 Å². The third-order valence-electron chi connectivity index (χ3n) is 2.31. The molecule has 8 nitrogen and oxygen atoms in total. The number of rotatable bonds is 3. The molecule has 0 aliphatic carbocycles. The number of ether oxygens (including phenoxy) is 2. The van der Waals surface area contributed by atoms with Gasteiger partial charge in [-0.3, -0.25) is 10.0 Å². The molecule has 0 heterocycles. The second-order valence-electron chi connectivity index (χ2n) is 4.13. The number of carbonyl (C=O) groups excluding carboxylic acids is 2. The van der Waals surface area contributed by atoms with E-state index in [2.05, 4.69) is 15.0 Å². The molecule has 0 fully saturated rings. The minimum atomic E-state index is -0.562. The molecule has 0 aliphatic heterocycles. The fourth-order valence-electron chi connectivity index (χ4n) is 1.18. The SMILES string of the molecule is COC(=NC(=O)N(C)C)NC(=O)NSc1ccc(OC)cc1. The molecule has 1 rings (SSSR count). The zero-order valence-electron chi connectivity index (χ0n) is 12.7. The van der Waals surface area contributed by atoms with Gasteiger partial charge in [-0.2, -0.15) is 0 Å². The first-order chi connectivity index (χ1) is 10.5. The summed E-state index contributed by atoms with van der Waals surface area (Å²) >= 11 is 1.10. The number of urea groups is 2. The van der Waals surface area contributed by atoms with Gasteiger partial charge < -0.3 is 14.4 Å². The van der Waals surface area contributed by atoms with Crippen LogP contribution in [-0.4, -0.2) is 51.3 Å². The largest absolute Gasteiger partial charge is 0.497 e. The van der Waals surface area contributed by atoms with Crippen LogP contribution in [-0.2, 0) is 4.74 Å². The quantitative estimate of drug-likeness (QED) is 0.501. The number of amidine groups is 1. The van der Waals surface area contributed by atoms with Gasteiger partial charge in [-0.05, 0) is 36.2 Å². The molecular formula is C13H18N4O4S. The smallest absolute Gasteiger partial charge is 0.347 e. The van der Waals surface area contributed by atoms with Crippen molar-refractivity contribution in [3.05, 3.63) is 24.3 Å². The summed E-state index contributed by atoms with van der Waals surface area (Å²) in [6, 6.07) is 5.86. The van der Waals surface area contributed by atoms with Crippen molar-refractivity contribution in [1.82, 2.24) is 14.9 Å². The zero-order chi connectivity index (χ0) is 16.5. The second kappa shape index (κ2) is 8.78. The lowest BCUT2D eigenvalue weighted by molar-refractivity contribution is 0.226. The van der Waals surface area contributed by atoms with Crippen molar-refractivity contribution in [3.63, 3.8) is 0 Å². The summed E-state index contributed by atoms with van der Waals surface area (Å²) in [5.74, 6) is 0.727. The van der Waals surface area contributed by atoms with Gasteiger partial charge in [0.2, 0.25) is 0 Å².